The molecule has 2 atom stereocenters. The van der Waals surface area contributed by atoms with Crippen molar-refractivity contribution in [2.75, 3.05) is 18.9 Å². The summed E-state index contributed by atoms with van der Waals surface area (Å²) >= 11 is 3.50. The van der Waals surface area contributed by atoms with Gasteiger partial charge in [-0.25, -0.2) is 0 Å². The zero-order valence-electron chi connectivity index (χ0n) is 13.2. The highest BCUT2D eigenvalue weighted by Crippen LogP contribution is 2.27. The summed E-state index contributed by atoms with van der Waals surface area (Å²) in [5, 5.41) is 1.18. The molecule has 19 heavy (non-hydrogen) atoms. The molecule has 1 aliphatic carbocycles. The molecule has 0 heterocycles. The first-order chi connectivity index (χ1) is 9.25. The Morgan fingerprint density at radius 2 is 1.47 bits per heavy atom. The largest absolute Gasteiger partial charge is 0.303 e. The first-order valence-electron chi connectivity index (χ1n) is 8.52. The molecule has 1 saturated carbocycles. The number of hydrogen-bond acceptors (Lipinski definition) is 1. The molecule has 2 unspecified atom stereocenters. The summed E-state index contributed by atoms with van der Waals surface area (Å²) in [5.74, 6) is 0.919. The van der Waals surface area contributed by atoms with Crippen LogP contribution in [0.1, 0.15) is 77.6 Å². The molecular formula is C17H34BrN. The van der Waals surface area contributed by atoms with Gasteiger partial charge in [-0.1, -0.05) is 67.8 Å². The topological polar surface area (TPSA) is 3.24 Å². The molecule has 1 aliphatic rings. The lowest BCUT2D eigenvalue weighted by molar-refractivity contribution is 0.137. The van der Waals surface area contributed by atoms with Crippen molar-refractivity contribution in [3.05, 3.63) is 0 Å². The molecule has 1 fully saturated rings. The van der Waals surface area contributed by atoms with Crippen LogP contribution >= 0.6 is 15.9 Å². The maximum absolute atomic E-state index is 3.50. The van der Waals surface area contributed by atoms with Gasteiger partial charge in [0.05, 0.1) is 0 Å². The summed E-state index contributed by atoms with van der Waals surface area (Å²) < 4.78 is 0. The molecule has 0 bridgehead atoms. The van der Waals surface area contributed by atoms with Gasteiger partial charge in [0.2, 0.25) is 0 Å². The van der Waals surface area contributed by atoms with Gasteiger partial charge in [0.15, 0.2) is 0 Å². The molecule has 0 aromatic rings. The zero-order valence-corrected chi connectivity index (χ0v) is 14.8. The number of unbranched alkanes of at least 4 members (excludes halogenated alkanes) is 6. The fourth-order valence-electron chi connectivity index (χ4n) is 3.46. The molecule has 0 aromatic carbocycles. The quantitative estimate of drug-likeness (QED) is 0.370. The van der Waals surface area contributed by atoms with Crippen LogP contribution in [0.3, 0.4) is 0 Å². The van der Waals surface area contributed by atoms with E-state index in [4.69, 9.17) is 0 Å². The monoisotopic (exact) mass is 331 g/mol. The van der Waals surface area contributed by atoms with Crippen LogP contribution in [0.2, 0.25) is 0 Å². The van der Waals surface area contributed by atoms with Crippen molar-refractivity contribution >= 4 is 15.9 Å². The van der Waals surface area contributed by atoms with Crippen LogP contribution in [-0.4, -0.2) is 29.9 Å². The van der Waals surface area contributed by atoms with Crippen molar-refractivity contribution in [3.63, 3.8) is 0 Å². The van der Waals surface area contributed by atoms with E-state index in [9.17, 15) is 0 Å². The summed E-state index contributed by atoms with van der Waals surface area (Å²) in [6, 6.07) is 0.868. The highest BCUT2D eigenvalue weighted by atomic mass is 79.9. The van der Waals surface area contributed by atoms with E-state index in [2.05, 4.69) is 34.8 Å². The number of alkyl halides is 1. The van der Waals surface area contributed by atoms with Gasteiger partial charge in [-0.15, -0.1) is 0 Å². The van der Waals surface area contributed by atoms with Crippen LogP contribution in [0, 0.1) is 5.92 Å². The second kappa shape index (κ2) is 11.1. The van der Waals surface area contributed by atoms with Gasteiger partial charge in [0, 0.05) is 11.4 Å². The zero-order chi connectivity index (χ0) is 13.9. The third-order valence-corrected chi connectivity index (χ3v) is 5.34. The first kappa shape index (κ1) is 17.5. The second-order valence-electron chi connectivity index (χ2n) is 6.47. The Labute approximate surface area is 129 Å². The Morgan fingerprint density at radius 1 is 0.895 bits per heavy atom. The van der Waals surface area contributed by atoms with Crippen LogP contribution in [0.25, 0.3) is 0 Å². The van der Waals surface area contributed by atoms with Crippen LogP contribution in [0.5, 0.6) is 0 Å². The van der Waals surface area contributed by atoms with E-state index in [0.717, 1.165) is 12.0 Å². The van der Waals surface area contributed by atoms with Crippen LogP contribution in [-0.2, 0) is 0 Å². The van der Waals surface area contributed by atoms with Crippen molar-refractivity contribution in [2.45, 2.75) is 83.6 Å². The van der Waals surface area contributed by atoms with Crippen molar-refractivity contribution in [2.24, 2.45) is 5.92 Å². The smallest absolute Gasteiger partial charge is 0.0118 e. The standard InChI is InChI=1S/C17H34BrN/c1-16-12-8-9-13-17(16)19(2)15-11-7-5-3-4-6-10-14-18/h16-17H,3-15H2,1-2H3. The van der Waals surface area contributed by atoms with E-state index in [1.807, 2.05) is 0 Å². The van der Waals surface area contributed by atoms with Crippen LogP contribution in [0.15, 0.2) is 0 Å². The highest BCUT2D eigenvalue weighted by molar-refractivity contribution is 9.09. The molecule has 1 nitrogen and oxygen atoms in total. The number of halogens is 1. The molecule has 114 valence electrons. The maximum atomic E-state index is 3.50. The minimum atomic E-state index is 0.868. The number of rotatable bonds is 10. The van der Waals surface area contributed by atoms with E-state index < -0.39 is 0 Å². The third-order valence-electron chi connectivity index (χ3n) is 4.78. The minimum Gasteiger partial charge on any atom is -0.303 e. The van der Waals surface area contributed by atoms with Gasteiger partial charge in [0.25, 0.3) is 0 Å². The minimum absolute atomic E-state index is 0.868. The summed E-state index contributed by atoms with van der Waals surface area (Å²) in [4.78, 5) is 2.65. The summed E-state index contributed by atoms with van der Waals surface area (Å²) in [5.41, 5.74) is 0. The summed E-state index contributed by atoms with van der Waals surface area (Å²) in [7, 11) is 2.35. The van der Waals surface area contributed by atoms with Crippen LogP contribution in [0.4, 0.5) is 0 Å². The fourth-order valence-corrected chi connectivity index (χ4v) is 3.85. The molecular weight excluding hydrogens is 298 g/mol. The predicted octanol–water partition coefficient (Wildman–Crippen LogP) is 5.62. The predicted molar refractivity (Wildman–Crippen MR) is 90.2 cm³/mol. The molecule has 2 heteroatoms. The van der Waals surface area contributed by atoms with Gasteiger partial charge < -0.3 is 4.90 Å². The molecule has 0 N–H and O–H groups in total. The number of nitrogens with zero attached hydrogens (tertiary/aromatic N) is 1. The molecule has 0 radical (unpaired) electrons. The lowest BCUT2D eigenvalue weighted by Gasteiger charge is -2.36. The van der Waals surface area contributed by atoms with Crippen LogP contribution < -0.4 is 0 Å². The average molecular weight is 332 g/mol. The van der Waals surface area contributed by atoms with E-state index in [1.165, 1.54) is 82.5 Å². The lowest BCUT2D eigenvalue weighted by Crippen LogP contribution is -2.39. The average Bonchev–Trinajstić information content (AvgIpc) is 2.42. The van der Waals surface area contributed by atoms with Gasteiger partial charge >= 0.3 is 0 Å². The van der Waals surface area contributed by atoms with E-state index in [0.29, 0.717) is 0 Å². The van der Waals surface area contributed by atoms with E-state index >= 15 is 0 Å². The van der Waals surface area contributed by atoms with Gasteiger partial charge in [-0.3, -0.25) is 0 Å². The SMILES string of the molecule is CC1CCCCC1N(C)CCCCCCCCCBr. The summed E-state index contributed by atoms with van der Waals surface area (Å²) in [6.07, 6.45) is 15.7. The molecule has 0 saturated heterocycles. The summed E-state index contributed by atoms with van der Waals surface area (Å²) in [6.45, 7) is 3.76. The highest BCUT2D eigenvalue weighted by Gasteiger charge is 2.24. The molecule has 0 spiro atoms. The normalized spacial score (nSPS) is 24.0. The first-order valence-corrected chi connectivity index (χ1v) is 9.64. The molecule has 0 amide bonds. The third kappa shape index (κ3) is 7.70. The Balaban J connectivity index is 1.96. The van der Waals surface area contributed by atoms with Gasteiger partial charge in [-0.2, -0.15) is 0 Å². The Kier molecular flexibility index (Phi) is 10.3. The van der Waals surface area contributed by atoms with Crippen molar-refractivity contribution in [3.8, 4) is 0 Å². The maximum Gasteiger partial charge on any atom is 0.0118 e. The molecule has 0 aromatic heterocycles. The Bertz CT molecular complexity index is 207. The molecule has 1 rings (SSSR count). The lowest BCUT2D eigenvalue weighted by atomic mass is 9.85. The number of hydrogen-bond donors (Lipinski definition) is 0. The van der Waals surface area contributed by atoms with E-state index in [1.54, 1.807) is 0 Å². The molecule has 0 aliphatic heterocycles. The fraction of sp³-hybridized carbons (Fsp3) is 1.00. The van der Waals surface area contributed by atoms with Crippen molar-refractivity contribution in [1.82, 2.24) is 4.90 Å². The van der Waals surface area contributed by atoms with Gasteiger partial charge in [-0.05, 0) is 45.2 Å². The van der Waals surface area contributed by atoms with Crippen molar-refractivity contribution in [1.29, 1.82) is 0 Å². The Morgan fingerprint density at radius 3 is 2.11 bits per heavy atom. The van der Waals surface area contributed by atoms with Gasteiger partial charge in [0.1, 0.15) is 0 Å². The Hall–Kier alpha value is 0.440. The second-order valence-corrected chi connectivity index (χ2v) is 7.27. The van der Waals surface area contributed by atoms with E-state index in [-0.39, 0.29) is 0 Å². The van der Waals surface area contributed by atoms with Crippen molar-refractivity contribution < 1.29 is 0 Å².